The molecule has 1 aliphatic heterocycles. The topological polar surface area (TPSA) is 55.4 Å². The largest absolute Gasteiger partial charge is 0.466 e. The summed E-state index contributed by atoms with van der Waals surface area (Å²) < 4.78 is 4.47. The van der Waals surface area contributed by atoms with Gasteiger partial charge < -0.3 is 10.1 Å². The lowest BCUT2D eigenvalue weighted by Gasteiger charge is -2.17. The molecule has 0 radical (unpaired) electrons. The lowest BCUT2D eigenvalue weighted by atomic mass is 10.0. The summed E-state index contributed by atoms with van der Waals surface area (Å²) in [5.41, 5.74) is 0.389. The van der Waals surface area contributed by atoms with Gasteiger partial charge in [0.2, 0.25) is 0 Å². The molecule has 0 aliphatic carbocycles. The van der Waals surface area contributed by atoms with Gasteiger partial charge >= 0.3 is 5.97 Å². The summed E-state index contributed by atoms with van der Waals surface area (Å²) in [7, 11) is 1.30. The minimum atomic E-state index is -0.442. The van der Waals surface area contributed by atoms with E-state index in [0.717, 1.165) is 0 Å². The van der Waals surface area contributed by atoms with Crippen LogP contribution in [0, 0.1) is 0 Å². The van der Waals surface area contributed by atoms with Crippen LogP contribution in [0.25, 0.3) is 0 Å². The van der Waals surface area contributed by atoms with Gasteiger partial charge in [-0.1, -0.05) is 0 Å². The van der Waals surface area contributed by atoms with Crippen molar-refractivity contribution in [1.82, 2.24) is 5.32 Å². The number of methoxy groups -OCH3 is 1. The van der Waals surface area contributed by atoms with Crippen molar-refractivity contribution >= 4 is 11.8 Å². The molecule has 66 valence electrons. The van der Waals surface area contributed by atoms with Gasteiger partial charge in [-0.3, -0.25) is 4.79 Å². The van der Waals surface area contributed by atoms with Crippen LogP contribution >= 0.6 is 0 Å². The number of ketones is 1. The number of nitrogens with one attached hydrogen (secondary N) is 1. The zero-order chi connectivity index (χ0) is 9.14. The Labute approximate surface area is 70.6 Å². The maximum Gasteiger partial charge on any atom is 0.335 e. The predicted molar refractivity (Wildman–Crippen MR) is 42.3 cm³/mol. The molecule has 0 aromatic rings. The van der Waals surface area contributed by atoms with Crippen LogP contribution in [0.4, 0.5) is 0 Å². The molecule has 0 fully saturated rings. The average Bonchev–Trinajstić information content (AvgIpc) is 2.08. The van der Waals surface area contributed by atoms with Crippen molar-refractivity contribution in [1.29, 1.82) is 0 Å². The van der Waals surface area contributed by atoms with Crippen molar-refractivity contribution in [3.05, 3.63) is 11.8 Å². The Morgan fingerprint density at radius 1 is 1.75 bits per heavy atom. The van der Waals surface area contributed by atoms with E-state index >= 15 is 0 Å². The summed E-state index contributed by atoms with van der Waals surface area (Å²) in [6, 6.07) is -0.196. The molecule has 1 aliphatic rings. The van der Waals surface area contributed by atoms with Gasteiger partial charge in [0, 0.05) is 12.6 Å². The molecular formula is C8H11NO3. The number of hydrogen-bond donors (Lipinski definition) is 1. The number of hydrogen-bond acceptors (Lipinski definition) is 4. The Morgan fingerprint density at radius 2 is 2.42 bits per heavy atom. The maximum atomic E-state index is 11.1. The molecule has 12 heavy (non-hydrogen) atoms. The van der Waals surface area contributed by atoms with Crippen molar-refractivity contribution in [3.63, 3.8) is 0 Å². The molecule has 1 unspecified atom stereocenters. The van der Waals surface area contributed by atoms with E-state index in [1.165, 1.54) is 13.3 Å². The van der Waals surface area contributed by atoms with Gasteiger partial charge in [0.05, 0.1) is 18.7 Å². The second-order valence-electron chi connectivity index (χ2n) is 2.69. The Morgan fingerprint density at radius 3 is 2.92 bits per heavy atom. The standard InChI is InChI=1S/C8H11NO3/c1-5-7(10)3-6(4-9-5)8(11)12-2/h4-5,9H,3H2,1-2H3. The van der Waals surface area contributed by atoms with Gasteiger partial charge in [-0.25, -0.2) is 4.79 Å². The molecule has 0 spiro atoms. The molecule has 0 aromatic carbocycles. The summed E-state index contributed by atoms with van der Waals surface area (Å²) in [6.07, 6.45) is 1.71. The molecule has 0 saturated heterocycles. The summed E-state index contributed by atoms with van der Waals surface area (Å²) in [6.45, 7) is 1.76. The molecule has 1 rings (SSSR count). The van der Waals surface area contributed by atoms with Crippen LogP contribution in [0.15, 0.2) is 11.8 Å². The third-order valence-electron chi connectivity index (χ3n) is 1.80. The van der Waals surface area contributed by atoms with E-state index in [9.17, 15) is 9.59 Å². The zero-order valence-corrected chi connectivity index (χ0v) is 7.09. The molecular weight excluding hydrogens is 158 g/mol. The van der Waals surface area contributed by atoms with E-state index in [4.69, 9.17) is 0 Å². The van der Waals surface area contributed by atoms with Crippen molar-refractivity contribution in [2.24, 2.45) is 0 Å². The number of ether oxygens (including phenoxy) is 1. The smallest absolute Gasteiger partial charge is 0.335 e. The summed E-state index contributed by atoms with van der Waals surface area (Å²) >= 11 is 0. The quantitative estimate of drug-likeness (QED) is 0.561. The summed E-state index contributed by atoms with van der Waals surface area (Å²) in [5, 5.41) is 2.78. The predicted octanol–water partition coefficient (Wildman–Crippen LogP) is -0.00580. The molecule has 1 N–H and O–H groups in total. The number of Topliss-reactive ketones (excluding diaryl/α,β-unsaturated/α-hetero) is 1. The van der Waals surface area contributed by atoms with Gasteiger partial charge in [-0.15, -0.1) is 0 Å². The Balaban J connectivity index is 2.70. The fourth-order valence-electron chi connectivity index (χ4n) is 0.973. The first-order valence-electron chi connectivity index (χ1n) is 3.71. The van der Waals surface area contributed by atoms with E-state index in [2.05, 4.69) is 10.1 Å². The minimum absolute atomic E-state index is 0.0119. The normalized spacial score (nSPS) is 22.7. The average molecular weight is 169 g/mol. The van der Waals surface area contributed by atoms with E-state index in [-0.39, 0.29) is 18.2 Å². The highest BCUT2D eigenvalue weighted by molar-refractivity contribution is 5.98. The highest BCUT2D eigenvalue weighted by Gasteiger charge is 2.22. The molecule has 0 aromatic heterocycles. The minimum Gasteiger partial charge on any atom is -0.466 e. The first kappa shape index (κ1) is 8.77. The van der Waals surface area contributed by atoms with E-state index in [0.29, 0.717) is 5.57 Å². The van der Waals surface area contributed by atoms with Crippen LogP contribution in [0.3, 0.4) is 0 Å². The molecule has 4 heteroatoms. The van der Waals surface area contributed by atoms with Gasteiger partial charge in [0.25, 0.3) is 0 Å². The Hall–Kier alpha value is -1.32. The third kappa shape index (κ3) is 1.64. The number of esters is 1. The molecule has 4 nitrogen and oxygen atoms in total. The second kappa shape index (κ2) is 3.38. The second-order valence-corrected chi connectivity index (χ2v) is 2.69. The molecule has 1 atom stereocenters. The van der Waals surface area contributed by atoms with Crippen LogP contribution in [-0.2, 0) is 14.3 Å². The lowest BCUT2D eigenvalue weighted by Crippen LogP contribution is -2.35. The maximum absolute atomic E-state index is 11.1. The van der Waals surface area contributed by atoms with Crippen molar-refractivity contribution in [2.45, 2.75) is 19.4 Å². The SMILES string of the molecule is COC(=O)C1=CNC(C)C(=O)C1. The molecule has 0 amide bonds. The Kier molecular flexibility index (Phi) is 2.47. The van der Waals surface area contributed by atoms with Crippen LogP contribution in [0.2, 0.25) is 0 Å². The van der Waals surface area contributed by atoms with Gasteiger partial charge in [-0.2, -0.15) is 0 Å². The van der Waals surface area contributed by atoms with Gasteiger partial charge in [0.1, 0.15) is 0 Å². The van der Waals surface area contributed by atoms with Gasteiger partial charge in [0.15, 0.2) is 5.78 Å². The van der Waals surface area contributed by atoms with Crippen molar-refractivity contribution in [2.75, 3.05) is 7.11 Å². The fraction of sp³-hybridized carbons (Fsp3) is 0.500. The monoisotopic (exact) mass is 169 g/mol. The fourth-order valence-corrected chi connectivity index (χ4v) is 0.973. The van der Waals surface area contributed by atoms with E-state index < -0.39 is 5.97 Å². The van der Waals surface area contributed by atoms with E-state index in [1.807, 2.05) is 0 Å². The summed E-state index contributed by atoms with van der Waals surface area (Å²) in [4.78, 5) is 22.1. The van der Waals surface area contributed by atoms with Crippen molar-refractivity contribution in [3.8, 4) is 0 Å². The highest BCUT2D eigenvalue weighted by Crippen LogP contribution is 2.10. The van der Waals surface area contributed by atoms with E-state index in [1.54, 1.807) is 6.92 Å². The number of rotatable bonds is 1. The summed E-state index contributed by atoms with van der Waals surface area (Å²) in [5.74, 6) is -0.430. The van der Waals surface area contributed by atoms with Crippen molar-refractivity contribution < 1.29 is 14.3 Å². The highest BCUT2D eigenvalue weighted by atomic mass is 16.5. The first-order chi connectivity index (χ1) is 5.65. The molecule has 1 heterocycles. The third-order valence-corrected chi connectivity index (χ3v) is 1.80. The lowest BCUT2D eigenvalue weighted by molar-refractivity contribution is -0.137. The Bertz CT molecular complexity index is 245. The van der Waals surface area contributed by atoms with Gasteiger partial charge in [-0.05, 0) is 6.92 Å². The molecule has 0 saturated carbocycles. The molecule has 0 bridgehead atoms. The number of carbonyl (C=O) groups excluding carboxylic acids is 2. The zero-order valence-electron chi connectivity index (χ0n) is 7.09. The van der Waals surface area contributed by atoms with Crippen LogP contribution in [0.1, 0.15) is 13.3 Å². The number of carbonyl (C=O) groups is 2. The first-order valence-corrected chi connectivity index (χ1v) is 3.71. The van der Waals surface area contributed by atoms with Crippen LogP contribution in [-0.4, -0.2) is 24.9 Å². The van der Waals surface area contributed by atoms with Crippen LogP contribution < -0.4 is 5.32 Å². The van der Waals surface area contributed by atoms with Crippen LogP contribution in [0.5, 0.6) is 0 Å².